The van der Waals surface area contributed by atoms with Gasteiger partial charge in [0.25, 0.3) is 5.56 Å². The predicted molar refractivity (Wildman–Crippen MR) is 124 cm³/mol. The first-order chi connectivity index (χ1) is 15.9. The first-order valence-electron chi connectivity index (χ1n) is 10.8. The summed E-state index contributed by atoms with van der Waals surface area (Å²) in [5.41, 5.74) is -0.940. The Morgan fingerprint density at radius 3 is 2.24 bits per heavy atom. The fourth-order valence-electron chi connectivity index (χ4n) is 3.75. The highest BCUT2D eigenvalue weighted by Crippen LogP contribution is 2.10. The summed E-state index contributed by atoms with van der Waals surface area (Å²) in [6.45, 7) is 2.73. The van der Waals surface area contributed by atoms with Crippen LogP contribution in [-0.2, 0) is 19.6 Å². The second-order valence-electron chi connectivity index (χ2n) is 7.70. The van der Waals surface area contributed by atoms with Crippen molar-refractivity contribution in [2.24, 2.45) is 0 Å². The van der Waals surface area contributed by atoms with E-state index < -0.39 is 22.6 Å². The molecule has 3 aromatic heterocycles. The molecule has 0 aliphatic heterocycles. The number of unbranched alkanes of at least 4 members (excludes halogenated alkanes) is 2. The molecule has 0 spiro atoms. The summed E-state index contributed by atoms with van der Waals surface area (Å²) >= 11 is 5.94. The zero-order chi connectivity index (χ0) is 23.5. The normalized spacial score (nSPS) is 11.5. The molecule has 0 saturated carbocycles. The molecule has 0 radical (unpaired) electrons. The van der Waals surface area contributed by atoms with Gasteiger partial charge in [-0.3, -0.25) is 13.9 Å². The Labute approximate surface area is 191 Å². The van der Waals surface area contributed by atoms with Crippen molar-refractivity contribution >= 4 is 22.8 Å². The van der Waals surface area contributed by atoms with Crippen molar-refractivity contribution in [2.75, 3.05) is 0 Å². The topological polar surface area (TPSA) is 132 Å². The van der Waals surface area contributed by atoms with Crippen LogP contribution in [0.25, 0.3) is 16.9 Å². The summed E-state index contributed by atoms with van der Waals surface area (Å²) in [6, 6.07) is 8.79. The van der Waals surface area contributed by atoms with Gasteiger partial charge in [-0.15, -0.1) is 0 Å². The number of H-pyrrole nitrogens is 2. The number of benzene rings is 1. The van der Waals surface area contributed by atoms with Crippen molar-refractivity contribution in [1.82, 2.24) is 33.4 Å². The van der Waals surface area contributed by atoms with Gasteiger partial charge in [-0.05, 0) is 43.0 Å². The summed E-state index contributed by atoms with van der Waals surface area (Å²) in [7, 11) is 0. The van der Waals surface area contributed by atoms with E-state index in [1.54, 1.807) is 24.3 Å². The Hall–Kier alpha value is -3.60. The first kappa shape index (κ1) is 22.6. The number of halogens is 1. The van der Waals surface area contributed by atoms with Gasteiger partial charge in [0, 0.05) is 19.6 Å². The summed E-state index contributed by atoms with van der Waals surface area (Å²) in [5.74, 6) is 0. The quantitative estimate of drug-likeness (QED) is 0.280. The van der Waals surface area contributed by atoms with Gasteiger partial charge in [-0.2, -0.15) is 4.98 Å². The number of para-hydroxylation sites is 1. The number of nitrogens with zero attached hydrogens (tertiary/aromatic N) is 5. The van der Waals surface area contributed by atoms with Crippen LogP contribution in [0.4, 0.5) is 0 Å². The maximum atomic E-state index is 13.0. The number of hydrogen-bond donors (Lipinski definition) is 2. The summed E-state index contributed by atoms with van der Waals surface area (Å²) in [4.78, 5) is 57.5. The number of aryl methyl sites for hydroxylation is 1. The van der Waals surface area contributed by atoms with Gasteiger partial charge >= 0.3 is 17.1 Å². The number of hydrogen-bond acceptors (Lipinski definition) is 5. The smallest absolute Gasteiger partial charge is 0.323 e. The molecular formula is C21H24ClN7O4. The van der Waals surface area contributed by atoms with Crippen molar-refractivity contribution in [2.45, 2.75) is 52.2 Å². The molecule has 0 saturated heterocycles. The molecule has 0 bridgehead atoms. The Kier molecular flexibility index (Phi) is 6.50. The minimum atomic E-state index is -0.517. The standard InChI is InChI=1S/C21H24ClN7O4/c1-2-3-11-26-16-15(23-18(22)24-16)17(30)27(20(26)32)12-7-8-13-28-19(31)25-29(21(28)33)14-9-5-4-6-10-14/h4-6,9-10H,2-3,7-8,11-13H2,1H3,(H,23,24)(H,25,31). The van der Waals surface area contributed by atoms with E-state index in [9.17, 15) is 19.2 Å². The van der Waals surface area contributed by atoms with Crippen LogP contribution in [0, 0.1) is 0 Å². The highest BCUT2D eigenvalue weighted by Gasteiger charge is 2.17. The zero-order valence-corrected chi connectivity index (χ0v) is 18.8. The lowest BCUT2D eigenvalue weighted by Crippen LogP contribution is -2.40. The lowest BCUT2D eigenvalue weighted by molar-refractivity contribution is 0.497. The largest absolute Gasteiger partial charge is 0.351 e. The van der Waals surface area contributed by atoms with E-state index in [0.29, 0.717) is 25.1 Å². The lowest BCUT2D eigenvalue weighted by atomic mass is 10.3. The molecule has 11 nitrogen and oxygen atoms in total. The van der Waals surface area contributed by atoms with Crippen LogP contribution in [0.5, 0.6) is 0 Å². The van der Waals surface area contributed by atoms with Crippen LogP contribution >= 0.6 is 11.6 Å². The summed E-state index contributed by atoms with van der Waals surface area (Å²) in [5, 5.41) is 2.58. The second kappa shape index (κ2) is 9.49. The minimum absolute atomic E-state index is 0.0472. The number of rotatable bonds is 9. The maximum Gasteiger partial charge on any atom is 0.351 e. The van der Waals surface area contributed by atoms with Crippen LogP contribution in [0.3, 0.4) is 0 Å². The molecule has 0 fully saturated rings. The number of imidazole rings is 1. The van der Waals surface area contributed by atoms with Gasteiger partial charge in [0.05, 0.1) is 5.69 Å². The fraction of sp³-hybridized carbons (Fsp3) is 0.381. The molecular weight excluding hydrogens is 450 g/mol. The molecule has 0 aliphatic rings. The molecule has 12 heteroatoms. The monoisotopic (exact) mass is 473 g/mol. The van der Waals surface area contributed by atoms with Crippen LogP contribution in [-0.4, -0.2) is 33.4 Å². The summed E-state index contributed by atoms with van der Waals surface area (Å²) < 4.78 is 4.90. The van der Waals surface area contributed by atoms with E-state index >= 15 is 0 Å². The number of aromatic nitrogens is 7. The lowest BCUT2D eigenvalue weighted by Gasteiger charge is -2.11. The van der Waals surface area contributed by atoms with E-state index in [1.165, 1.54) is 9.25 Å². The van der Waals surface area contributed by atoms with E-state index in [1.807, 2.05) is 13.0 Å². The molecule has 0 amide bonds. The molecule has 2 N–H and O–H groups in total. The number of nitrogens with one attached hydrogen (secondary N) is 2. The maximum absolute atomic E-state index is 13.0. The third-order valence-electron chi connectivity index (χ3n) is 5.47. The predicted octanol–water partition coefficient (Wildman–Crippen LogP) is 1.46. The van der Waals surface area contributed by atoms with Crippen molar-refractivity contribution in [3.8, 4) is 5.69 Å². The van der Waals surface area contributed by atoms with Gasteiger partial charge in [-0.1, -0.05) is 31.5 Å². The number of fused-ring (bicyclic) bond motifs is 1. The second-order valence-corrected chi connectivity index (χ2v) is 8.06. The molecule has 0 atom stereocenters. The minimum Gasteiger partial charge on any atom is -0.323 e. The Bertz CT molecular complexity index is 1500. The first-order valence-corrected chi connectivity index (χ1v) is 11.2. The SMILES string of the molecule is CCCCn1c(=O)n(CCCCn2c(=O)[nH]n(-c3ccccc3)c2=O)c(=O)c2[nH]c(Cl)nc21. The highest BCUT2D eigenvalue weighted by atomic mass is 35.5. The van der Waals surface area contributed by atoms with Gasteiger partial charge in [0.15, 0.2) is 11.2 Å². The highest BCUT2D eigenvalue weighted by molar-refractivity contribution is 6.28. The molecule has 0 aliphatic carbocycles. The van der Waals surface area contributed by atoms with Gasteiger partial charge in [0.1, 0.15) is 0 Å². The average molecular weight is 474 g/mol. The van der Waals surface area contributed by atoms with Crippen LogP contribution in [0.15, 0.2) is 49.5 Å². The molecule has 4 aromatic rings. The van der Waals surface area contributed by atoms with Crippen molar-refractivity contribution in [3.63, 3.8) is 0 Å². The number of aromatic amines is 2. The molecule has 1 aromatic carbocycles. The Morgan fingerprint density at radius 1 is 0.879 bits per heavy atom. The van der Waals surface area contributed by atoms with Crippen molar-refractivity contribution < 1.29 is 0 Å². The third kappa shape index (κ3) is 4.36. The van der Waals surface area contributed by atoms with E-state index in [2.05, 4.69) is 15.1 Å². The van der Waals surface area contributed by atoms with Crippen LogP contribution in [0.2, 0.25) is 5.28 Å². The average Bonchev–Trinajstić information content (AvgIpc) is 3.33. The van der Waals surface area contributed by atoms with Gasteiger partial charge in [0.2, 0.25) is 5.28 Å². The summed E-state index contributed by atoms with van der Waals surface area (Å²) in [6.07, 6.45) is 2.46. The van der Waals surface area contributed by atoms with Gasteiger partial charge in [-0.25, -0.2) is 28.7 Å². The molecule has 3 heterocycles. The molecule has 33 heavy (non-hydrogen) atoms. The van der Waals surface area contributed by atoms with Crippen molar-refractivity contribution in [1.29, 1.82) is 0 Å². The fourth-order valence-corrected chi connectivity index (χ4v) is 3.93. The molecule has 174 valence electrons. The Balaban J connectivity index is 1.53. The van der Waals surface area contributed by atoms with Crippen LogP contribution in [0.1, 0.15) is 32.6 Å². The molecule has 0 unspecified atom stereocenters. The van der Waals surface area contributed by atoms with E-state index in [4.69, 9.17) is 11.6 Å². The van der Waals surface area contributed by atoms with Crippen molar-refractivity contribution in [3.05, 3.63) is 77.4 Å². The third-order valence-corrected chi connectivity index (χ3v) is 5.65. The van der Waals surface area contributed by atoms with E-state index in [-0.39, 0.29) is 29.5 Å². The van der Waals surface area contributed by atoms with Crippen LogP contribution < -0.4 is 22.6 Å². The zero-order valence-electron chi connectivity index (χ0n) is 18.1. The molecule has 4 rings (SSSR count). The van der Waals surface area contributed by atoms with E-state index in [0.717, 1.165) is 22.0 Å². The Morgan fingerprint density at radius 2 is 1.55 bits per heavy atom. The van der Waals surface area contributed by atoms with Gasteiger partial charge < -0.3 is 4.98 Å².